The van der Waals surface area contributed by atoms with Gasteiger partial charge >= 0.3 is 0 Å². The first-order valence-electron chi connectivity index (χ1n) is 12.1. The lowest BCUT2D eigenvalue weighted by Crippen LogP contribution is -2.59. The molecule has 4 aliphatic carbocycles. The average Bonchev–Trinajstić information content (AvgIpc) is 2.94. The van der Waals surface area contributed by atoms with Crippen LogP contribution in [0.4, 0.5) is 0 Å². The molecule has 2 nitrogen and oxygen atoms in total. The molecule has 0 heterocycles. The van der Waals surface area contributed by atoms with Crippen molar-refractivity contribution in [1.29, 1.82) is 0 Å². The van der Waals surface area contributed by atoms with Gasteiger partial charge in [0.25, 0.3) is 0 Å². The van der Waals surface area contributed by atoms with Crippen molar-refractivity contribution < 1.29 is 9.90 Å². The van der Waals surface area contributed by atoms with Crippen molar-refractivity contribution in [2.45, 2.75) is 84.7 Å². The molecule has 30 heavy (non-hydrogen) atoms. The van der Waals surface area contributed by atoms with E-state index in [9.17, 15) is 9.90 Å². The maximum atomic E-state index is 13.2. The summed E-state index contributed by atoms with van der Waals surface area (Å²) in [6.07, 6.45) is 10.6. The van der Waals surface area contributed by atoms with Gasteiger partial charge in [0.05, 0.1) is 5.60 Å². The first-order valence-corrected chi connectivity index (χ1v) is 12.1. The van der Waals surface area contributed by atoms with E-state index >= 15 is 0 Å². The summed E-state index contributed by atoms with van der Waals surface area (Å²) in [7, 11) is 0. The molecule has 0 saturated heterocycles. The van der Waals surface area contributed by atoms with Crippen LogP contribution in [0.2, 0.25) is 0 Å². The molecule has 1 aromatic carbocycles. The van der Waals surface area contributed by atoms with Gasteiger partial charge in [-0.1, -0.05) is 51.1 Å². The monoisotopic (exact) mass is 406 g/mol. The molecule has 4 saturated carbocycles. The van der Waals surface area contributed by atoms with Crippen molar-refractivity contribution in [3.8, 4) is 0 Å². The lowest BCUT2D eigenvalue weighted by atomic mass is 9.40. The molecule has 0 spiro atoms. The van der Waals surface area contributed by atoms with Crippen LogP contribution in [0, 0.1) is 34.0 Å². The average molecular weight is 407 g/mol. The number of aliphatic hydroxyl groups is 1. The minimum absolute atomic E-state index is 0.0610. The predicted molar refractivity (Wildman–Crippen MR) is 122 cm³/mol. The first-order chi connectivity index (χ1) is 14.1. The molecule has 0 unspecified atom stereocenters. The van der Waals surface area contributed by atoms with Crippen molar-refractivity contribution in [2.75, 3.05) is 0 Å². The fraction of sp³-hybridized carbons (Fsp3) is 0.679. The van der Waals surface area contributed by atoms with E-state index in [2.05, 4.69) is 58.0 Å². The molecule has 5 rings (SSSR count). The molecule has 2 heteroatoms. The number of rotatable bonds is 1. The highest BCUT2D eigenvalue weighted by atomic mass is 16.3. The minimum Gasteiger partial charge on any atom is -0.390 e. The van der Waals surface area contributed by atoms with Crippen LogP contribution in [0.15, 0.2) is 35.9 Å². The summed E-state index contributed by atoms with van der Waals surface area (Å²) >= 11 is 0. The standard InChI is InChI=1S/C28H38O2/c1-25-13-10-21-22-12-15-28(4,30)26(22,2)14-11-23(21)27(25,3)17-20(24(29)18-25)16-19-8-6-5-7-9-19/h5-9,16,21-23,30H,10-15,17-18H2,1-4H3/b20-16+/t21-,22-,23-,25-,26-,27+,28-/m0/s1. The smallest absolute Gasteiger partial charge is 0.159 e. The Morgan fingerprint density at radius 2 is 1.53 bits per heavy atom. The number of allylic oxidation sites excluding steroid dienone is 1. The van der Waals surface area contributed by atoms with Crippen molar-refractivity contribution in [2.24, 2.45) is 34.0 Å². The molecule has 0 aromatic heterocycles. The Labute approximate surface area is 182 Å². The van der Waals surface area contributed by atoms with E-state index in [0.717, 1.165) is 36.8 Å². The molecule has 1 N–H and O–H groups in total. The quantitative estimate of drug-likeness (QED) is 0.545. The van der Waals surface area contributed by atoms with Gasteiger partial charge < -0.3 is 5.11 Å². The molecule has 7 atom stereocenters. The van der Waals surface area contributed by atoms with Gasteiger partial charge in [0.2, 0.25) is 0 Å². The van der Waals surface area contributed by atoms with Crippen LogP contribution < -0.4 is 0 Å². The molecular formula is C28H38O2. The van der Waals surface area contributed by atoms with Crippen molar-refractivity contribution in [3.05, 3.63) is 41.5 Å². The van der Waals surface area contributed by atoms with Gasteiger partial charge in [-0.25, -0.2) is 0 Å². The highest BCUT2D eigenvalue weighted by Crippen LogP contribution is 2.71. The molecule has 162 valence electrons. The Morgan fingerprint density at radius 3 is 2.27 bits per heavy atom. The van der Waals surface area contributed by atoms with Gasteiger partial charge in [-0.3, -0.25) is 4.79 Å². The van der Waals surface area contributed by atoms with E-state index < -0.39 is 5.60 Å². The second-order valence-electron chi connectivity index (χ2n) is 12.0. The molecule has 0 aliphatic heterocycles. The van der Waals surface area contributed by atoms with Gasteiger partial charge in [0, 0.05) is 6.42 Å². The van der Waals surface area contributed by atoms with Crippen LogP contribution in [0.5, 0.6) is 0 Å². The summed E-state index contributed by atoms with van der Waals surface area (Å²) in [6, 6.07) is 10.3. The summed E-state index contributed by atoms with van der Waals surface area (Å²) in [5, 5.41) is 11.2. The first kappa shape index (κ1) is 20.5. The van der Waals surface area contributed by atoms with Crippen LogP contribution in [-0.2, 0) is 4.79 Å². The number of hydrogen-bond acceptors (Lipinski definition) is 2. The minimum atomic E-state index is -0.523. The van der Waals surface area contributed by atoms with E-state index in [-0.39, 0.29) is 16.2 Å². The van der Waals surface area contributed by atoms with Gasteiger partial charge in [0.15, 0.2) is 5.78 Å². The normalized spacial score (nSPS) is 49.4. The van der Waals surface area contributed by atoms with Crippen LogP contribution >= 0.6 is 0 Å². The molecule has 0 bridgehead atoms. The van der Waals surface area contributed by atoms with Gasteiger partial charge in [-0.05, 0) is 103 Å². The van der Waals surface area contributed by atoms with E-state index in [1.165, 1.54) is 19.3 Å². The second kappa shape index (κ2) is 6.55. The zero-order valence-electron chi connectivity index (χ0n) is 19.2. The summed E-state index contributed by atoms with van der Waals surface area (Å²) in [5.74, 6) is 2.35. The highest BCUT2D eigenvalue weighted by molar-refractivity contribution is 6.01. The van der Waals surface area contributed by atoms with E-state index in [4.69, 9.17) is 0 Å². The number of carbonyl (C=O) groups is 1. The van der Waals surface area contributed by atoms with Gasteiger partial charge in [-0.2, -0.15) is 0 Å². The van der Waals surface area contributed by atoms with E-state index in [0.29, 0.717) is 30.0 Å². The molecule has 1 aromatic rings. The summed E-state index contributed by atoms with van der Waals surface area (Å²) in [5.41, 5.74) is 1.99. The van der Waals surface area contributed by atoms with Crippen LogP contribution in [0.1, 0.15) is 84.6 Å². The van der Waals surface area contributed by atoms with Gasteiger partial charge in [-0.15, -0.1) is 0 Å². The highest BCUT2D eigenvalue weighted by Gasteiger charge is 2.65. The predicted octanol–water partition coefficient (Wildman–Crippen LogP) is 6.43. The molecular weight excluding hydrogens is 368 g/mol. The molecule has 0 radical (unpaired) electrons. The number of hydrogen-bond donors (Lipinski definition) is 1. The Morgan fingerprint density at radius 1 is 0.867 bits per heavy atom. The lowest BCUT2D eigenvalue weighted by Gasteiger charge is -2.64. The fourth-order valence-corrected chi connectivity index (χ4v) is 8.42. The summed E-state index contributed by atoms with van der Waals surface area (Å²) in [6.45, 7) is 9.36. The number of ketones is 1. The number of benzene rings is 1. The number of Topliss-reactive ketones (excluding diaryl/α,β-unsaturated/α-hetero) is 1. The Hall–Kier alpha value is -1.41. The van der Waals surface area contributed by atoms with E-state index in [1.807, 2.05) is 6.07 Å². The van der Waals surface area contributed by atoms with Crippen molar-refractivity contribution in [1.82, 2.24) is 0 Å². The Kier molecular flexibility index (Phi) is 4.47. The number of fused-ring (bicyclic) bond motifs is 5. The third-order valence-corrected chi connectivity index (χ3v) is 10.8. The third-order valence-electron chi connectivity index (χ3n) is 10.8. The topological polar surface area (TPSA) is 37.3 Å². The summed E-state index contributed by atoms with van der Waals surface area (Å²) < 4.78 is 0. The van der Waals surface area contributed by atoms with Crippen molar-refractivity contribution in [3.63, 3.8) is 0 Å². The summed E-state index contributed by atoms with van der Waals surface area (Å²) in [4.78, 5) is 13.2. The number of carbonyl (C=O) groups excluding carboxylic acids is 1. The largest absolute Gasteiger partial charge is 0.390 e. The molecule has 0 amide bonds. The maximum absolute atomic E-state index is 13.2. The fourth-order valence-electron chi connectivity index (χ4n) is 8.42. The molecule has 4 fully saturated rings. The zero-order valence-corrected chi connectivity index (χ0v) is 19.2. The Bertz CT molecular complexity index is 883. The van der Waals surface area contributed by atoms with Crippen LogP contribution in [0.25, 0.3) is 6.08 Å². The third kappa shape index (κ3) is 2.68. The van der Waals surface area contributed by atoms with Crippen LogP contribution in [-0.4, -0.2) is 16.5 Å². The van der Waals surface area contributed by atoms with Crippen LogP contribution in [0.3, 0.4) is 0 Å². The van der Waals surface area contributed by atoms with Gasteiger partial charge in [0.1, 0.15) is 0 Å². The SMILES string of the molecule is C[C@@]12CC[C@H]3[C@@H]4CC[C@](C)(O)[C@@]4(C)CC[C@@H]3[C@@]1(C)C/C(=C\c1ccccc1)C(=O)C2. The zero-order chi connectivity index (χ0) is 21.4. The second-order valence-corrected chi connectivity index (χ2v) is 12.0. The van der Waals surface area contributed by atoms with E-state index in [1.54, 1.807) is 0 Å². The van der Waals surface area contributed by atoms with Crippen molar-refractivity contribution >= 4 is 11.9 Å². The Balaban J connectivity index is 1.50. The maximum Gasteiger partial charge on any atom is 0.159 e. The lowest BCUT2D eigenvalue weighted by molar-refractivity contribution is -0.169. The molecule has 4 aliphatic rings.